The third-order valence-electron chi connectivity index (χ3n) is 5.01. The van der Waals surface area contributed by atoms with E-state index in [4.69, 9.17) is 18.6 Å². The summed E-state index contributed by atoms with van der Waals surface area (Å²) in [6, 6.07) is 10.7. The normalized spacial score (nSPS) is 10.7. The lowest BCUT2D eigenvalue weighted by molar-refractivity contribution is 0.103. The Morgan fingerprint density at radius 3 is 2.37 bits per heavy atom. The van der Waals surface area contributed by atoms with E-state index in [0.717, 1.165) is 19.6 Å². The van der Waals surface area contributed by atoms with Gasteiger partial charge in [-0.1, -0.05) is 13.8 Å². The van der Waals surface area contributed by atoms with Gasteiger partial charge in [0.05, 0.1) is 25.3 Å². The van der Waals surface area contributed by atoms with Crippen molar-refractivity contribution in [3.63, 3.8) is 0 Å². The summed E-state index contributed by atoms with van der Waals surface area (Å²) in [7, 11) is 3.10. The van der Waals surface area contributed by atoms with E-state index in [1.165, 1.54) is 13.4 Å². The summed E-state index contributed by atoms with van der Waals surface area (Å²) in [4.78, 5) is 15.5. The molecule has 1 heterocycles. The van der Waals surface area contributed by atoms with Gasteiger partial charge in [-0.2, -0.15) is 0 Å². The van der Waals surface area contributed by atoms with E-state index in [0.29, 0.717) is 46.0 Å². The molecule has 3 aromatic rings. The number of carbonyl (C=O) groups excluding carboxylic acids is 1. The van der Waals surface area contributed by atoms with Crippen molar-refractivity contribution in [3.8, 4) is 17.2 Å². The second-order valence-corrected chi connectivity index (χ2v) is 6.58. The summed E-state index contributed by atoms with van der Waals surface area (Å²) in [6.45, 7) is 7.67. The number of ketones is 1. The van der Waals surface area contributed by atoms with E-state index in [2.05, 4.69) is 18.7 Å². The predicted molar refractivity (Wildman–Crippen MR) is 120 cm³/mol. The van der Waals surface area contributed by atoms with Crippen LogP contribution in [0.25, 0.3) is 11.0 Å². The number of furan rings is 1. The number of hydrogen-bond acceptors (Lipinski definition) is 6. The van der Waals surface area contributed by atoms with Crippen LogP contribution in [0.2, 0.25) is 0 Å². The fourth-order valence-electron chi connectivity index (χ4n) is 3.24. The maximum atomic E-state index is 13.2. The highest BCUT2D eigenvalue weighted by molar-refractivity contribution is 6.17. The third-order valence-corrected chi connectivity index (χ3v) is 5.01. The first-order valence-electron chi connectivity index (χ1n) is 9.74. The first-order valence-corrected chi connectivity index (χ1v) is 9.74. The van der Waals surface area contributed by atoms with Gasteiger partial charge < -0.3 is 23.5 Å². The van der Waals surface area contributed by atoms with Gasteiger partial charge in [-0.3, -0.25) is 4.79 Å². The lowest BCUT2D eigenvalue weighted by Gasteiger charge is -2.18. The van der Waals surface area contributed by atoms with Gasteiger partial charge in [0.1, 0.15) is 35.7 Å². The number of nitrogens with zero attached hydrogens (tertiary/aromatic N) is 1. The molecule has 0 unspecified atom stereocenters. The molecular weight excluding hydrogens is 406 g/mol. The molecule has 1 aromatic heterocycles. The second-order valence-electron chi connectivity index (χ2n) is 6.58. The number of halogens is 1. The summed E-state index contributed by atoms with van der Waals surface area (Å²) < 4.78 is 22.1. The number of methoxy groups -OCH3 is 2. The minimum absolute atomic E-state index is 0. The Hall–Kier alpha value is -2.70. The molecule has 0 aliphatic heterocycles. The topological polar surface area (TPSA) is 61.1 Å². The quantitative estimate of drug-likeness (QED) is 0.427. The molecular formula is C23H28ClNO5. The van der Waals surface area contributed by atoms with Gasteiger partial charge in [-0.15, -0.1) is 12.4 Å². The van der Waals surface area contributed by atoms with Crippen molar-refractivity contribution in [2.45, 2.75) is 13.8 Å². The molecule has 7 heteroatoms. The van der Waals surface area contributed by atoms with Gasteiger partial charge in [-0.25, -0.2) is 0 Å². The van der Waals surface area contributed by atoms with Gasteiger partial charge in [0, 0.05) is 11.9 Å². The van der Waals surface area contributed by atoms with Gasteiger partial charge in [0.15, 0.2) is 0 Å². The highest BCUT2D eigenvalue weighted by Gasteiger charge is 2.20. The van der Waals surface area contributed by atoms with Crippen LogP contribution >= 0.6 is 12.4 Å². The van der Waals surface area contributed by atoms with Crippen LogP contribution in [-0.2, 0) is 0 Å². The highest BCUT2D eigenvalue weighted by atomic mass is 35.5. The van der Waals surface area contributed by atoms with Crippen LogP contribution in [0.4, 0.5) is 0 Å². The number of fused-ring (bicyclic) bond motifs is 1. The molecule has 0 atom stereocenters. The zero-order valence-electron chi connectivity index (χ0n) is 17.8. The predicted octanol–water partition coefficient (Wildman–Crippen LogP) is 4.82. The molecule has 3 rings (SSSR count). The molecule has 0 spiro atoms. The number of rotatable bonds is 10. The molecule has 0 saturated carbocycles. The van der Waals surface area contributed by atoms with Crippen LogP contribution in [0.3, 0.4) is 0 Å². The van der Waals surface area contributed by atoms with Crippen molar-refractivity contribution in [1.29, 1.82) is 0 Å². The number of hydrogen-bond donors (Lipinski definition) is 0. The zero-order chi connectivity index (χ0) is 20.8. The number of ether oxygens (including phenoxy) is 3. The molecule has 6 nitrogen and oxygen atoms in total. The smallest absolute Gasteiger partial charge is 0.200 e. The molecule has 0 bridgehead atoms. The van der Waals surface area contributed by atoms with Crippen molar-refractivity contribution in [2.75, 3.05) is 40.5 Å². The van der Waals surface area contributed by atoms with Gasteiger partial charge >= 0.3 is 0 Å². The molecule has 30 heavy (non-hydrogen) atoms. The summed E-state index contributed by atoms with van der Waals surface area (Å²) in [5.41, 5.74) is 1.51. The Balaban J connectivity index is 0.00000320. The molecule has 0 N–H and O–H groups in total. The Kier molecular flexibility index (Phi) is 8.57. The van der Waals surface area contributed by atoms with Crippen LogP contribution in [-0.4, -0.2) is 51.1 Å². The number of benzene rings is 2. The number of likely N-dealkylation sites (N-methyl/N-ethyl adjacent to an activating group) is 1. The Bertz CT molecular complexity index is 981. The Morgan fingerprint density at radius 2 is 1.70 bits per heavy atom. The molecule has 162 valence electrons. The maximum absolute atomic E-state index is 13.2. The molecule has 0 amide bonds. The minimum Gasteiger partial charge on any atom is -0.497 e. The van der Waals surface area contributed by atoms with E-state index >= 15 is 0 Å². The SMILES string of the molecule is CCN(CC)CCOc1ccc2occ(C(=O)c3cc(OC)ccc3OC)c2c1.Cl. The van der Waals surface area contributed by atoms with Crippen molar-refractivity contribution >= 4 is 29.2 Å². The van der Waals surface area contributed by atoms with Gasteiger partial charge in [0.2, 0.25) is 5.78 Å². The molecule has 0 aliphatic carbocycles. The standard InChI is InChI=1S/C23H27NO5.ClH/c1-5-24(6-2)11-12-28-17-8-10-22-18(14-17)20(15-29-22)23(25)19-13-16(26-3)7-9-21(19)27-4;/h7-10,13-15H,5-6,11-12H2,1-4H3;1H. The zero-order valence-corrected chi connectivity index (χ0v) is 18.6. The van der Waals surface area contributed by atoms with Crippen molar-refractivity contribution < 1.29 is 23.4 Å². The average molecular weight is 434 g/mol. The summed E-state index contributed by atoms with van der Waals surface area (Å²) in [5.74, 6) is 1.58. The van der Waals surface area contributed by atoms with Crippen molar-refractivity contribution in [2.24, 2.45) is 0 Å². The highest BCUT2D eigenvalue weighted by Crippen LogP contribution is 2.31. The largest absolute Gasteiger partial charge is 0.497 e. The fraction of sp³-hybridized carbons (Fsp3) is 0.348. The van der Waals surface area contributed by atoms with Crippen LogP contribution in [0.5, 0.6) is 17.2 Å². The summed E-state index contributed by atoms with van der Waals surface area (Å²) in [6.07, 6.45) is 1.48. The second kappa shape index (κ2) is 10.9. The molecule has 0 saturated heterocycles. The Labute approximate surface area is 183 Å². The molecule has 0 aliphatic rings. The average Bonchev–Trinajstić information content (AvgIpc) is 3.19. The molecule has 0 radical (unpaired) electrons. The number of carbonyl (C=O) groups is 1. The van der Waals surface area contributed by atoms with E-state index in [1.54, 1.807) is 25.3 Å². The van der Waals surface area contributed by atoms with Crippen molar-refractivity contribution in [3.05, 3.63) is 53.8 Å². The van der Waals surface area contributed by atoms with Crippen molar-refractivity contribution in [1.82, 2.24) is 4.90 Å². The fourth-order valence-corrected chi connectivity index (χ4v) is 3.24. The summed E-state index contributed by atoms with van der Waals surface area (Å²) in [5, 5.41) is 0.709. The van der Waals surface area contributed by atoms with E-state index in [-0.39, 0.29) is 18.2 Å². The lowest BCUT2D eigenvalue weighted by atomic mass is 10.0. The molecule has 0 fully saturated rings. The van der Waals surface area contributed by atoms with E-state index in [9.17, 15) is 4.79 Å². The first kappa shape index (κ1) is 23.6. The van der Waals surface area contributed by atoms with Crippen LogP contribution in [0.1, 0.15) is 29.8 Å². The van der Waals surface area contributed by atoms with E-state index in [1.807, 2.05) is 18.2 Å². The monoisotopic (exact) mass is 433 g/mol. The molecule has 2 aromatic carbocycles. The van der Waals surface area contributed by atoms with Crippen LogP contribution in [0, 0.1) is 0 Å². The van der Waals surface area contributed by atoms with Crippen LogP contribution < -0.4 is 14.2 Å². The minimum atomic E-state index is -0.195. The lowest BCUT2D eigenvalue weighted by Crippen LogP contribution is -2.27. The maximum Gasteiger partial charge on any atom is 0.200 e. The van der Waals surface area contributed by atoms with Gasteiger partial charge in [0.25, 0.3) is 0 Å². The Morgan fingerprint density at radius 1 is 0.967 bits per heavy atom. The van der Waals surface area contributed by atoms with E-state index < -0.39 is 0 Å². The van der Waals surface area contributed by atoms with Crippen LogP contribution in [0.15, 0.2) is 47.1 Å². The first-order chi connectivity index (χ1) is 14.1. The summed E-state index contributed by atoms with van der Waals surface area (Å²) >= 11 is 0. The third kappa shape index (κ3) is 5.07. The van der Waals surface area contributed by atoms with Gasteiger partial charge in [-0.05, 0) is 49.5 Å².